The number of nitro groups is 1. The van der Waals surface area contributed by atoms with Crippen molar-refractivity contribution in [2.45, 2.75) is 25.7 Å². The minimum Gasteiger partial charge on any atom is -0.463 e. The molecule has 120 valence electrons. The number of nitrogens with zero attached hydrogens (tertiary/aromatic N) is 1. The Morgan fingerprint density at radius 3 is 2.23 bits per heavy atom. The molecule has 1 aromatic carbocycles. The molecule has 0 atom stereocenters. The van der Waals surface area contributed by atoms with E-state index in [4.69, 9.17) is 9.84 Å². The number of hydrogen-bond acceptors (Lipinski definition) is 7. The summed E-state index contributed by atoms with van der Waals surface area (Å²) in [7, 11) is 0. The van der Waals surface area contributed by atoms with Gasteiger partial charge < -0.3 is 14.6 Å². The second-order valence-corrected chi connectivity index (χ2v) is 4.38. The first-order valence-corrected chi connectivity index (χ1v) is 6.74. The molecule has 8 nitrogen and oxygen atoms in total. The van der Waals surface area contributed by atoms with Crippen LogP contribution in [0.3, 0.4) is 0 Å². The van der Waals surface area contributed by atoms with Gasteiger partial charge in [-0.15, -0.1) is 0 Å². The summed E-state index contributed by atoms with van der Waals surface area (Å²) in [6, 6.07) is 5.20. The van der Waals surface area contributed by atoms with Crippen LogP contribution in [0.1, 0.15) is 25.7 Å². The molecule has 0 aliphatic heterocycles. The van der Waals surface area contributed by atoms with Gasteiger partial charge in [0.1, 0.15) is 12.4 Å². The van der Waals surface area contributed by atoms with E-state index in [1.807, 2.05) is 0 Å². The number of benzene rings is 1. The SMILES string of the molecule is O=C(CCCCC(=O)Oc1ccc([N+](=O)[O-])cc1)OCCO. The van der Waals surface area contributed by atoms with Crippen molar-refractivity contribution in [3.8, 4) is 5.75 Å². The van der Waals surface area contributed by atoms with Crippen molar-refractivity contribution in [2.75, 3.05) is 13.2 Å². The topological polar surface area (TPSA) is 116 Å². The molecule has 1 aromatic rings. The number of nitro benzene ring substituents is 1. The van der Waals surface area contributed by atoms with Crippen LogP contribution in [0.4, 0.5) is 5.69 Å². The van der Waals surface area contributed by atoms with Crippen LogP contribution < -0.4 is 4.74 Å². The highest BCUT2D eigenvalue weighted by Crippen LogP contribution is 2.18. The third-order valence-corrected chi connectivity index (χ3v) is 2.65. The van der Waals surface area contributed by atoms with E-state index >= 15 is 0 Å². The van der Waals surface area contributed by atoms with Gasteiger partial charge in [0.25, 0.3) is 5.69 Å². The summed E-state index contributed by atoms with van der Waals surface area (Å²) in [5, 5.41) is 18.9. The van der Waals surface area contributed by atoms with E-state index in [2.05, 4.69) is 4.74 Å². The van der Waals surface area contributed by atoms with Crippen molar-refractivity contribution in [3.05, 3.63) is 34.4 Å². The Labute approximate surface area is 126 Å². The van der Waals surface area contributed by atoms with E-state index in [0.29, 0.717) is 12.8 Å². The molecule has 1 rings (SSSR count). The highest BCUT2D eigenvalue weighted by molar-refractivity contribution is 5.72. The summed E-state index contributed by atoms with van der Waals surface area (Å²) in [6.45, 7) is -0.242. The molecule has 0 saturated carbocycles. The normalized spacial score (nSPS) is 10.0. The number of non-ortho nitro benzene ring substituents is 1. The Kier molecular flexibility index (Phi) is 7.55. The molecule has 0 radical (unpaired) electrons. The van der Waals surface area contributed by atoms with Crippen molar-refractivity contribution in [1.82, 2.24) is 0 Å². The summed E-state index contributed by atoms with van der Waals surface area (Å²) >= 11 is 0. The lowest BCUT2D eigenvalue weighted by Crippen LogP contribution is -2.10. The quantitative estimate of drug-likeness (QED) is 0.242. The average Bonchev–Trinajstić information content (AvgIpc) is 2.50. The summed E-state index contributed by atoms with van der Waals surface area (Å²) in [6.07, 6.45) is 1.23. The second kappa shape index (κ2) is 9.46. The Morgan fingerprint density at radius 2 is 1.68 bits per heavy atom. The number of carbonyl (C=O) groups is 2. The first kappa shape index (κ1) is 17.6. The van der Waals surface area contributed by atoms with Gasteiger partial charge in [-0.3, -0.25) is 19.7 Å². The van der Waals surface area contributed by atoms with E-state index in [1.165, 1.54) is 24.3 Å². The fourth-order valence-electron chi connectivity index (χ4n) is 1.59. The minimum atomic E-state index is -0.540. The van der Waals surface area contributed by atoms with Crippen LogP contribution in [-0.2, 0) is 14.3 Å². The molecular weight excluding hydrogens is 294 g/mol. The van der Waals surface area contributed by atoms with Crippen LogP contribution in [0.5, 0.6) is 5.75 Å². The molecule has 22 heavy (non-hydrogen) atoms. The van der Waals surface area contributed by atoms with E-state index in [9.17, 15) is 19.7 Å². The number of hydrogen-bond donors (Lipinski definition) is 1. The maximum absolute atomic E-state index is 11.5. The van der Waals surface area contributed by atoms with E-state index in [1.54, 1.807) is 0 Å². The lowest BCUT2D eigenvalue weighted by Gasteiger charge is -2.04. The van der Waals surface area contributed by atoms with Gasteiger partial charge in [-0.05, 0) is 25.0 Å². The average molecular weight is 311 g/mol. The number of aliphatic hydroxyl groups is 1. The number of rotatable bonds is 9. The second-order valence-electron chi connectivity index (χ2n) is 4.38. The minimum absolute atomic E-state index is 0.0268. The smallest absolute Gasteiger partial charge is 0.311 e. The number of carbonyl (C=O) groups excluding carboxylic acids is 2. The lowest BCUT2D eigenvalue weighted by molar-refractivity contribution is -0.384. The van der Waals surface area contributed by atoms with Gasteiger partial charge in [-0.1, -0.05) is 0 Å². The zero-order valence-electron chi connectivity index (χ0n) is 11.9. The zero-order valence-corrected chi connectivity index (χ0v) is 11.9. The Morgan fingerprint density at radius 1 is 1.09 bits per heavy atom. The first-order chi connectivity index (χ1) is 10.5. The molecule has 0 saturated heterocycles. The van der Waals surface area contributed by atoms with Crippen molar-refractivity contribution in [3.63, 3.8) is 0 Å². The van der Waals surface area contributed by atoms with Crippen molar-refractivity contribution in [1.29, 1.82) is 0 Å². The molecular formula is C14H17NO7. The lowest BCUT2D eigenvalue weighted by atomic mass is 10.2. The fraction of sp³-hybridized carbons (Fsp3) is 0.429. The van der Waals surface area contributed by atoms with E-state index in [0.717, 1.165) is 0 Å². The van der Waals surface area contributed by atoms with Gasteiger partial charge in [-0.2, -0.15) is 0 Å². The Hall–Kier alpha value is -2.48. The van der Waals surface area contributed by atoms with E-state index < -0.39 is 16.9 Å². The molecule has 8 heteroatoms. The molecule has 0 unspecified atom stereocenters. The van der Waals surface area contributed by atoms with Crippen LogP contribution in [0, 0.1) is 10.1 Å². The molecule has 0 fully saturated rings. The summed E-state index contributed by atoms with van der Waals surface area (Å²) in [4.78, 5) is 32.6. The van der Waals surface area contributed by atoms with Crippen molar-refractivity contribution in [2.24, 2.45) is 0 Å². The molecule has 0 amide bonds. The first-order valence-electron chi connectivity index (χ1n) is 6.74. The van der Waals surface area contributed by atoms with Crippen LogP contribution in [-0.4, -0.2) is 35.2 Å². The van der Waals surface area contributed by atoms with E-state index in [-0.39, 0.29) is 37.5 Å². The van der Waals surface area contributed by atoms with Crippen LogP contribution in [0.25, 0.3) is 0 Å². The highest BCUT2D eigenvalue weighted by atomic mass is 16.6. The van der Waals surface area contributed by atoms with Crippen molar-refractivity contribution < 1.29 is 29.1 Å². The van der Waals surface area contributed by atoms with Gasteiger partial charge in [0.15, 0.2) is 0 Å². The third kappa shape index (κ3) is 6.80. The summed E-state index contributed by atoms with van der Waals surface area (Å²) < 4.78 is 9.67. The van der Waals surface area contributed by atoms with Crippen LogP contribution in [0.15, 0.2) is 24.3 Å². The van der Waals surface area contributed by atoms with Crippen molar-refractivity contribution >= 4 is 17.6 Å². The molecule has 1 N–H and O–H groups in total. The number of esters is 2. The summed E-state index contributed by atoms with van der Waals surface area (Å²) in [5.41, 5.74) is -0.0822. The maximum Gasteiger partial charge on any atom is 0.311 e. The molecule has 0 aliphatic rings. The molecule has 0 heterocycles. The Bertz CT molecular complexity index is 512. The number of unbranched alkanes of at least 4 members (excludes halogenated alkanes) is 1. The van der Waals surface area contributed by atoms with Gasteiger partial charge in [0, 0.05) is 25.0 Å². The predicted molar refractivity (Wildman–Crippen MR) is 75.2 cm³/mol. The molecule has 0 aromatic heterocycles. The fourth-order valence-corrected chi connectivity index (χ4v) is 1.59. The molecule has 0 aliphatic carbocycles. The molecule has 0 bridgehead atoms. The van der Waals surface area contributed by atoms with Crippen LogP contribution in [0.2, 0.25) is 0 Å². The molecule has 0 spiro atoms. The van der Waals surface area contributed by atoms with Gasteiger partial charge in [-0.25, -0.2) is 0 Å². The van der Waals surface area contributed by atoms with Crippen LogP contribution >= 0.6 is 0 Å². The summed E-state index contributed by atoms with van der Waals surface area (Å²) in [5.74, 6) is -0.659. The number of aliphatic hydroxyl groups excluding tert-OH is 1. The standard InChI is InChI=1S/C14H17NO7/c16-9-10-21-13(17)3-1-2-4-14(18)22-12-7-5-11(6-8-12)15(19)20/h5-8,16H,1-4,9-10H2. The Balaban J connectivity index is 2.23. The van der Waals surface area contributed by atoms with Gasteiger partial charge >= 0.3 is 11.9 Å². The maximum atomic E-state index is 11.5. The zero-order chi connectivity index (χ0) is 16.4. The largest absolute Gasteiger partial charge is 0.463 e. The third-order valence-electron chi connectivity index (χ3n) is 2.65. The van der Waals surface area contributed by atoms with Gasteiger partial charge in [0.2, 0.25) is 0 Å². The number of ether oxygens (including phenoxy) is 2. The van der Waals surface area contributed by atoms with Gasteiger partial charge in [0.05, 0.1) is 11.5 Å². The predicted octanol–water partition coefficient (Wildman–Crippen LogP) is 1.60. The highest BCUT2D eigenvalue weighted by Gasteiger charge is 2.09. The monoisotopic (exact) mass is 311 g/mol.